The smallest absolute Gasteiger partial charge is 0.225 e. The van der Waals surface area contributed by atoms with Gasteiger partial charge in [0.15, 0.2) is 0 Å². The van der Waals surface area contributed by atoms with Gasteiger partial charge in [0.05, 0.1) is 11.2 Å². The Bertz CT molecular complexity index is 670. The molecule has 1 aromatic heterocycles. The lowest BCUT2D eigenvalue weighted by molar-refractivity contribution is -0.117. The second-order valence-electron chi connectivity index (χ2n) is 5.41. The summed E-state index contributed by atoms with van der Waals surface area (Å²) in [6.45, 7) is 0. The number of thiol groups is 1. The van der Waals surface area contributed by atoms with Crippen LogP contribution in [0.1, 0.15) is 19.3 Å². The first-order valence-electron chi connectivity index (χ1n) is 6.57. The average molecular weight is 351 g/mol. The van der Waals surface area contributed by atoms with Crippen molar-refractivity contribution in [2.24, 2.45) is 5.41 Å². The minimum Gasteiger partial charge on any atom is -0.324 e. The third kappa shape index (κ3) is 2.83. The minimum absolute atomic E-state index is 0.0498. The Morgan fingerprint density at radius 1 is 1.45 bits per heavy atom. The first-order valence-corrected chi connectivity index (χ1v) is 7.99. The fourth-order valence-corrected chi connectivity index (χ4v) is 3.11. The van der Waals surface area contributed by atoms with Crippen molar-refractivity contribution in [3.05, 3.63) is 34.9 Å². The molecule has 1 aliphatic rings. The van der Waals surface area contributed by atoms with E-state index in [4.69, 9.17) is 0 Å². The number of nitrogens with one attached hydrogen (secondary N) is 1. The van der Waals surface area contributed by atoms with Gasteiger partial charge in [0.2, 0.25) is 5.91 Å². The molecule has 104 valence electrons. The van der Waals surface area contributed by atoms with Crippen LogP contribution >= 0.6 is 28.6 Å². The van der Waals surface area contributed by atoms with E-state index in [0.717, 1.165) is 39.7 Å². The Hall–Kier alpha value is -1.07. The maximum Gasteiger partial charge on any atom is 0.225 e. The number of hydrogen-bond donors (Lipinski definition) is 2. The first-order chi connectivity index (χ1) is 9.62. The second-order valence-corrected chi connectivity index (χ2v) is 6.65. The number of para-hydroxylation sites is 1. The van der Waals surface area contributed by atoms with Crippen LogP contribution in [0.5, 0.6) is 0 Å². The van der Waals surface area contributed by atoms with Gasteiger partial charge in [-0.05, 0) is 52.1 Å². The number of amides is 1. The molecule has 1 fully saturated rings. The summed E-state index contributed by atoms with van der Waals surface area (Å²) in [5.41, 5.74) is 1.73. The van der Waals surface area contributed by atoms with Crippen molar-refractivity contribution < 1.29 is 4.79 Å². The van der Waals surface area contributed by atoms with E-state index in [1.807, 2.05) is 24.3 Å². The zero-order chi connectivity index (χ0) is 14.2. The number of pyridine rings is 1. The number of carbonyl (C=O) groups is 1. The van der Waals surface area contributed by atoms with Crippen LogP contribution < -0.4 is 5.32 Å². The van der Waals surface area contributed by atoms with E-state index in [1.165, 1.54) is 0 Å². The van der Waals surface area contributed by atoms with Gasteiger partial charge in [-0.3, -0.25) is 9.78 Å². The Labute approximate surface area is 131 Å². The first kappa shape index (κ1) is 13.9. The Kier molecular flexibility index (Phi) is 3.73. The summed E-state index contributed by atoms with van der Waals surface area (Å²) in [6, 6.07) is 7.80. The van der Waals surface area contributed by atoms with Crippen molar-refractivity contribution in [3.8, 4) is 0 Å². The fraction of sp³-hybridized carbons (Fsp3) is 0.333. The van der Waals surface area contributed by atoms with E-state index < -0.39 is 0 Å². The minimum atomic E-state index is 0.0498. The summed E-state index contributed by atoms with van der Waals surface area (Å²) in [6.07, 6.45) is 4.49. The third-order valence-electron chi connectivity index (χ3n) is 3.78. The van der Waals surface area contributed by atoms with E-state index in [2.05, 4.69) is 38.9 Å². The van der Waals surface area contributed by atoms with Crippen LogP contribution in [0, 0.1) is 5.41 Å². The lowest BCUT2D eigenvalue weighted by atomic mass is 10.0. The maximum atomic E-state index is 12.2. The number of halogens is 1. The number of carbonyl (C=O) groups excluding carboxylic acids is 1. The number of fused-ring (bicyclic) bond motifs is 1. The Morgan fingerprint density at radius 2 is 2.25 bits per heavy atom. The van der Waals surface area contributed by atoms with Crippen LogP contribution in [-0.2, 0) is 4.79 Å². The van der Waals surface area contributed by atoms with E-state index in [0.29, 0.717) is 6.42 Å². The topological polar surface area (TPSA) is 42.0 Å². The predicted molar refractivity (Wildman–Crippen MR) is 88.2 cm³/mol. The number of nitrogens with zero attached hydrogens (tertiary/aromatic N) is 1. The van der Waals surface area contributed by atoms with Crippen molar-refractivity contribution >= 4 is 51.1 Å². The molecule has 0 bridgehead atoms. The highest BCUT2D eigenvalue weighted by molar-refractivity contribution is 9.10. The quantitative estimate of drug-likeness (QED) is 0.817. The monoisotopic (exact) mass is 350 g/mol. The molecule has 5 heteroatoms. The molecule has 0 unspecified atom stereocenters. The van der Waals surface area contributed by atoms with Gasteiger partial charge in [0, 0.05) is 22.5 Å². The van der Waals surface area contributed by atoms with Gasteiger partial charge >= 0.3 is 0 Å². The van der Waals surface area contributed by atoms with Crippen molar-refractivity contribution in [1.29, 1.82) is 0 Å². The molecule has 3 nitrogen and oxygen atoms in total. The molecule has 0 saturated heterocycles. The molecule has 0 spiro atoms. The summed E-state index contributed by atoms with van der Waals surface area (Å²) < 4.78 is 0.931. The molecule has 1 aliphatic carbocycles. The largest absolute Gasteiger partial charge is 0.324 e. The van der Waals surface area contributed by atoms with Crippen LogP contribution in [0.4, 0.5) is 5.69 Å². The average Bonchev–Trinajstić information content (AvgIpc) is 3.18. The van der Waals surface area contributed by atoms with Crippen LogP contribution in [0.2, 0.25) is 0 Å². The lowest BCUT2D eigenvalue weighted by Crippen LogP contribution is -2.18. The molecule has 1 saturated carbocycles. The zero-order valence-corrected chi connectivity index (χ0v) is 13.4. The van der Waals surface area contributed by atoms with Gasteiger partial charge < -0.3 is 5.32 Å². The number of hydrogen-bond acceptors (Lipinski definition) is 3. The van der Waals surface area contributed by atoms with E-state index in [9.17, 15) is 4.79 Å². The molecule has 3 rings (SSSR count). The van der Waals surface area contributed by atoms with Gasteiger partial charge in [-0.15, -0.1) is 0 Å². The molecule has 1 aromatic carbocycles. The molecule has 1 amide bonds. The Balaban J connectivity index is 1.82. The van der Waals surface area contributed by atoms with Crippen LogP contribution in [0.25, 0.3) is 10.9 Å². The van der Waals surface area contributed by atoms with Gasteiger partial charge in [-0.1, -0.05) is 12.1 Å². The number of aromatic nitrogens is 1. The fourth-order valence-electron chi connectivity index (χ4n) is 2.34. The number of benzene rings is 1. The lowest BCUT2D eigenvalue weighted by Gasteiger charge is -2.12. The zero-order valence-electron chi connectivity index (χ0n) is 10.9. The van der Waals surface area contributed by atoms with Gasteiger partial charge in [0.1, 0.15) is 0 Å². The van der Waals surface area contributed by atoms with Crippen LogP contribution in [0.15, 0.2) is 34.9 Å². The summed E-state index contributed by atoms with van der Waals surface area (Å²) >= 11 is 7.74. The van der Waals surface area contributed by atoms with Gasteiger partial charge in [-0.25, -0.2) is 0 Å². The number of anilines is 1. The highest BCUT2D eigenvalue weighted by Crippen LogP contribution is 2.49. The summed E-state index contributed by atoms with van der Waals surface area (Å²) in [5, 5.41) is 3.99. The predicted octanol–water partition coefficient (Wildman–Crippen LogP) is 4.04. The standard InChI is InChI=1S/C15H15BrN2OS/c16-11-6-10-2-1-3-12(14(10)17-8-11)18-13(19)7-15(9-20)4-5-15/h1-3,6,8,20H,4-5,7,9H2,(H,18,19). The van der Waals surface area contributed by atoms with Gasteiger partial charge in [-0.2, -0.15) is 12.6 Å². The third-order valence-corrected chi connectivity index (χ3v) is 4.88. The second kappa shape index (κ2) is 5.37. The van der Waals surface area contributed by atoms with E-state index in [-0.39, 0.29) is 11.3 Å². The normalized spacial score (nSPS) is 16.1. The summed E-state index contributed by atoms with van der Waals surface area (Å²) in [5.74, 6) is 0.829. The highest BCUT2D eigenvalue weighted by Gasteiger charge is 2.42. The SMILES string of the molecule is O=C(CC1(CS)CC1)Nc1cccc2cc(Br)cnc12. The molecule has 0 aliphatic heterocycles. The van der Waals surface area contributed by atoms with Crippen LogP contribution in [-0.4, -0.2) is 16.6 Å². The van der Waals surface area contributed by atoms with Gasteiger partial charge in [0.25, 0.3) is 0 Å². The van der Waals surface area contributed by atoms with Crippen molar-refractivity contribution in [1.82, 2.24) is 4.98 Å². The van der Waals surface area contributed by atoms with E-state index >= 15 is 0 Å². The molecular formula is C15H15BrN2OS. The summed E-state index contributed by atoms with van der Waals surface area (Å²) in [7, 11) is 0. The van der Waals surface area contributed by atoms with Crippen LogP contribution in [0.3, 0.4) is 0 Å². The molecule has 0 radical (unpaired) electrons. The Morgan fingerprint density at radius 3 is 2.95 bits per heavy atom. The van der Waals surface area contributed by atoms with E-state index in [1.54, 1.807) is 6.20 Å². The number of rotatable bonds is 4. The van der Waals surface area contributed by atoms with Crippen molar-refractivity contribution in [3.63, 3.8) is 0 Å². The maximum absolute atomic E-state index is 12.2. The molecule has 1 heterocycles. The molecule has 0 atom stereocenters. The molecule has 1 N–H and O–H groups in total. The highest BCUT2D eigenvalue weighted by atomic mass is 79.9. The van der Waals surface area contributed by atoms with Crippen molar-refractivity contribution in [2.45, 2.75) is 19.3 Å². The molecule has 2 aromatic rings. The summed E-state index contributed by atoms with van der Waals surface area (Å²) in [4.78, 5) is 16.5. The molecule has 20 heavy (non-hydrogen) atoms. The molecular weight excluding hydrogens is 336 g/mol. The van der Waals surface area contributed by atoms with Crippen molar-refractivity contribution in [2.75, 3.05) is 11.1 Å².